The Kier molecular flexibility index (Phi) is 8.10. The van der Waals surface area contributed by atoms with Gasteiger partial charge in [-0.15, -0.1) is 0 Å². The predicted molar refractivity (Wildman–Crippen MR) is 155 cm³/mol. The van der Waals surface area contributed by atoms with E-state index in [2.05, 4.69) is 44.9 Å². The van der Waals surface area contributed by atoms with Gasteiger partial charge in [0.15, 0.2) is 12.2 Å². The summed E-state index contributed by atoms with van der Waals surface area (Å²) in [5.41, 5.74) is 4.58. The van der Waals surface area contributed by atoms with Crippen LogP contribution in [0, 0.1) is 0 Å². The molecule has 0 aromatic heterocycles. The summed E-state index contributed by atoms with van der Waals surface area (Å²) in [5.74, 6) is -0.851. The van der Waals surface area contributed by atoms with Crippen LogP contribution in [0.4, 0.5) is 4.79 Å². The van der Waals surface area contributed by atoms with Gasteiger partial charge < -0.3 is 29.5 Å². The van der Waals surface area contributed by atoms with Crippen LogP contribution in [-0.2, 0) is 19.1 Å². The van der Waals surface area contributed by atoms with Crippen LogP contribution in [0.2, 0.25) is 0 Å². The molecular formula is C30H34N6O7. The summed E-state index contributed by atoms with van der Waals surface area (Å²) >= 11 is 0. The minimum absolute atomic E-state index is 0.00565. The summed E-state index contributed by atoms with van der Waals surface area (Å²) in [6, 6.07) is 15.4. The van der Waals surface area contributed by atoms with E-state index in [0.29, 0.717) is 13.0 Å². The van der Waals surface area contributed by atoms with Crippen LogP contribution in [0.3, 0.4) is 0 Å². The van der Waals surface area contributed by atoms with Crippen molar-refractivity contribution in [2.75, 3.05) is 26.8 Å². The van der Waals surface area contributed by atoms with Crippen LogP contribution < -0.4 is 10.6 Å². The van der Waals surface area contributed by atoms with Gasteiger partial charge >= 0.3 is 6.09 Å². The number of aliphatic imine (C=N–C) groups is 2. The van der Waals surface area contributed by atoms with Gasteiger partial charge in [-0.25, -0.2) is 9.79 Å². The lowest BCUT2D eigenvalue weighted by Gasteiger charge is -2.32. The molecule has 3 amide bonds. The van der Waals surface area contributed by atoms with E-state index in [1.54, 1.807) is 11.9 Å². The molecule has 2 aromatic rings. The minimum atomic E-state index is -0.852. The van der Waals surface area contributed by atoms with E-state index in [-0.39, 0.29) is 43.8 Å². The Bertz CT molecular complexity index is 1420. The summed E-state index contributed by atoms with van der Waals surface area (Å²) in [4.78, 5) is 49.7. The highest BCUT2D eigenvalue weighted by Gasteiger charge is 2.46. The second kappa shape index (κ2) is 12.1. The lowest BCUT2D eigenvalue weighted by molar-refractivity contribution is -0.123. The smallest absolute Gasteiger partial charge is 0.409 e. The molecule has 1 aliphatic carbocycles. The van der Waals surface area contributed by atoms with Crippen molar-refractivity contribution >= 4 is 30.2 Å². The second-order valence-corrected chi connectivity index (χ2v) is 11.0. The SMILES string of the molecule is CN(CCCC(=O)NC1=NC2C(N=CN2[C@H]2C[C@@H](O)[C@@H](CO)O2)C(=O)N1)C(=O)OCC1c2ccccc2-c2ccccc21. The van der Waals surface area contributed by atoms with Gasteiger partial charge in [0, 0.05) is 32.4 Å². The molecule has 0 bridgehead atoms. The summed E-state index contributed by atoms with van der Waals surface area (Å²) in [7, 11) is 1.63. The fourth-order valence-corrected chi connectivity index (χ4v) is 5.99. The molecule has 1 fully saturated rings. The highest BCUT2D eigenvalue weighted by molar-refractivity contribution is 6.08. The normalized spacial score (nSPS) is 25.5. The largest absolute Gasteiger partial charge is 0.448 e. The first-order valence-electron chi connectivity index (χ1n) is 14.3. The number of aliphatic hydroxyl groups excluding tert-OH is 2. The van der Waals surface area contributed by atoms with Gasteiger partial charge in [-0.1, -0.05) is 48.5 Å². The number of hydrogen-bond donors (Lipinski definition) is 4. The number of nitrogens with zero attached hydrogens (tertiary/aromatic N) is 4. The van der Waals surface area contributed by atoms with Gasteiger partial charge in [0.2, 0.25) is 11.9 Å². The molecule has 2 unspecified atom stereocenters. The third-order valence-corrected chi connectivity index (χ3v) is 8.24. The monoisotopic (exact) mass is 590 g/mol. The zero-order valence-electron chi connectivity index (χ0n) is 23.6. The second-order valence-electron chi connectivity index (χ2n) is 11.0. The highest BCUT2D eigenvalue weighted by atomic mass is 16.6. The average Bonchev–Trinajstić information content (AvgIpc) is 3.69. The van der Waals surface area contributed by atoms with Crippen LogP contribution in [0.1, 0.15) is 36.3 Å². The third-order valence-electron chi connectivity index (χ3n) is 8.24. The maximum Gasteiger partial charge on any atom is 0.409 e. The molecule has 0 radical (unpaired) electrons. The van der Waals surface area contributed by atoms with Crippen LogP contribution >= 0.6 is 0 Å². The van der Waals surface area contributed by atoms with Crippen molar-refractivity contribution in [2.45, 2.75) is 55.8 Å². The molecular weight excluding hydrogens is 556 g/mol. The zero-order valence-corrected chi connectivity index (χ0v) is 23.6. The minimum Gasteiger partial charge on any atom is -0.448 e. The van der Waals surface area contributed by atoms with E-state index >= 15 is 0 Å². The molecule has 5 atom stereocenters. The summed E-state index contributed by atoms with van der Waals surface area (Å²) in [6.45, 7) is 0.173. The van der Waals surface area contributed by atoms with Crippen molar-refractivity contribution in [1.82, 2.24) is 20.4 Å². The van der Waals surface area contributed by atoms with E-state index in [9.17, 15) is 24.6 Å². The molecule has 13 heteroatoms. The fourth-order valence-electron chi connectivity index (χ4n) is 5.99. The molecule has 4 N–H and O–H groups in total. The topological polar surface area (TPSA) is 165 Å². The van der Waals surface area contributed by atoms with Crippen molar-refractivity contribution in [3.63, 3.8) is 0 Å². The molecule has 3 heterocycles. The van der Waals surface area contributed by atoms with Gasteiger partial charge in [-0.2, -0.15) is 0 Å². The Morgan fingerprint density at radius 2 is 1.86 bits per heavy atom. The molecule has 0 spiro atoms. The maximum atomic E-state index is 12.7. The van der Waals surface area contributed by atoms with E-state index in [4.69, 9.17) is 9.47 Å². The Morgan fingerprint density at radius 3 is 2.53 bits per heavy atom. The van der Waals surface area contributed by atoms with Crippen LogP contribution in [0.25, 0.3) is 11.1 Å². The van der Waals surface area contributed by atoms with Gasteiger partial charge in [0.05, 0.1) is 19.0 Å². The molecule has 13 nitrogen and oxygen atoms in total. The summed E-state index contributed by atoms with van der Waals surface area (Å²) in [6.07, 6.45) is -1.31. The molecule has 6 rings (SSSR count). The lowest BCUT2D eigenvalue weighted by Crippen LogP contribution is -2.57. The third kappa shape index (κ3) is 5.70. The number of nitrogens with one attached hydrogen (secondary N) is 2. The predicted octanol–water partition coefficient (Wildman–Crippen LogP) is 0.756. The number of ether oxygens (including phenoxy) is 2. The Hall–Kier alpha value is -4.33. The van der Waals surface area contributed by atoms with E-state index in [1.165, 1.54) is 11.2 Å². The number of benzene rings is 2. The zero-order chi connectivity index (χ0) is 30.1. The number of guanidine groups is 1. The number of carbonyl (C=O) groups excluding carboxylic acids is 3. The van der Waals surface area contributed by atoms with Gasteiger partial charge in [-0.3, -0.25) is 25.2 Å². The first-order chi connectivity index (χ1) is 20.8. The summed E-state index contributed by atoms with van der Waals surface area (Å²) < 4.78 is 11.4. The number of fused-ring (bicyclic) bond motifs is 4. The molecule has 4 aliphatic rings. The average molecular weight is 591 g/mol. The van der Waals surface area contributed by atoms with Gasteiger partial charge in [-0.05, 0) is 28.7 Å². The quantitative estimate of drug-likeness (QED) is 0.350. The first kappa shape index (κ1) is 28.8. The Morgan fingerprint density at radius 1 is 1.16 bits per heavy atom. The Labute approximate surface area is 248 Å². The van der Waals surface area contributed by atoms with Crippen molar-refractivity contribution in [3.8, 4) is 11.1 Å². The maximum absolute atomic E-state index is 12.7. The standard InChI is InChI=1S/C30H34N6O7/c1-35(30(41)42-15-21-19-9-4-2-7-17(19)18-8-3-5-10-20(18)21)12-6-11-24(39)32-29-33-27-26(28(40)34-29)31-16-36(27)25-13-22(38)23(14-37)43-25/h2-5,7-10,16,21-23,25-27,37-38H,6,11-15H2,1H3,(H2,32,33,34,39,40)/t22-,23-,25-,26?,27?/m1/s1. The number of rotatable bonds is 8. The lowest BCUT2D eigenvalue weighted by atomic mass is 9.98. The molecule has 43 heavy (non-hydrogen) atoms. The van der Waals surface area contributed by atoms with E-state index in [1.807, 2.05) is 24.3 Å². The highest BCUT2D eigenvalue weighted by Crippen LogP contribution is 2.44. The Balaban J connectivity index is 0.975. The molecule has 1 saturated heterocycles. The first-order valence-corrected chi connectivity index (χ1v) is 14.3. The molecule has 226 valence electrons. The molecule has 3 aliphatic heterocycles. The number of amides is 3. The fraction of sp³-hybridized carbons (Fsp3) is 0.433. The van der Waals surface area contributed by atoms with E-state index in [0.717, 1.165) is 22.3 Å². The number of carbonyl (C=O) groups is 3. The van der Waals surface area contributed by atoms with Crippen LogP contribution in [0.15, 0.2) is 58.5 Å². The summed E-state index contributed by atoms with van der Waals surface area (Å²) in [5, 5.41) is 24.6. The van der Waals surface area contributed by atoms with Gasteiger partial charge in [0.1, 0.15) is 18.9 Å². The van der Waals surface area contributed by atoms with Crippen molar-refractivity contribution in [1.29, 1.82) is 0 Å². The van der Waals surface area contributed by atoms with E-state index < -0.39 is 42.6 Å². The number of aliphatic hydroxyl groups is 2. The van der Waals surface area contributed by atoms with Gasteiger partial charge in [0.25, 0.3) is 5.91 Å². The van der Waals surface area contributed by atoms with Crippen LogP contribution in [0.5, 0.6) is 0 Å². The van der Waals surface area contributed by atoms with Crippen molar-refractivity contribution in [3.05, 3.63) is 59.7 Å². The van der Waals surface area contributed by atoms with Crippen LogP contribution in [-0.4, -0.2) is 108 Å². The molecule has 2 aromatic carbocycles. The molecule has 0 saturated carbocycles. The van der Waals surface area contributed by atoms with Crippen molar-refractivity contribution in [2.24, 2.45) is 9.98 Å². The number of hydrogen-bond acceptors (Lipinski definition) is 10. The van der Waals surface area contributed by atoms with Crippen molar-refractivity contribution < 1.29 is 34.1 Å².